The molecule has 0 aliphatic rings. The Hall–Kier alpha value is -2.40. The van der Waals surface area contributed by atoms with Gasteiger partial charge in [0.1, 0.15) is 5.75 Å². The molecule has 0 saturated carbocycles. The van der Waals surface area contributed by atoms with Gasteiger partial charge in [-0.2, -0.15) is 0 Å². The zero-order valence-corrected chi connectivity index (χ0v) is 18.6. The van der Waals surface area contributed by atoms with Gasteiger partial charge in [-0.15, -0.1) is 0 Å². The number of ether oxygens (including phenoxy) is 1. The third-order valence-corrected chi connectivity index (χ3v) is 10.1. The number of rotatable bonds is 6. The van der Waals surface area contributed by atoms with Crippen LogP contribution in [0.2, 0.25) is 5.04 Å². The van der Waals surface area contributed by atoms with E-state index in [1.165, 1.54) is 10.4 Å². The molecule has 3 rings (SSSR count). The van der Waals surface area contributed by atoms with Gasteiger partial charge < -0.3 is 9.16 Å². The molecule has 5 heteroatoms. The molecule has 0 N–H and O–H groups in total. The first-order valence-electron chi connectivity index (χ1n) is 9.54. The fraction of sp³-hybridized carbons (Fsp3) is 0.208. The summed E-state index contributed by atoms with van der Waals surface area (Å²) in [5, 5.41) is 2.40. The molecule has 0 radical (unpaired) electrons. The average Bonchev–Trinajstić information content (AvgIpc) is 2.70. The van der Waals surface area contributed by atoms with Crippen LogP contribution in [-0.2, 0) is 11.0 Å². The Balaban J connectivity index is 1.99. The Kier molecular flexibility index (Phi) is 6.58. The van der Waals surface area contributed by atoms with Crippen LogP contribution in [0.3, 0.4) is 0 Å². The lowest BCUT2D eigenvalue weighted by Gasteiger charge is -2.43. The Bertz CT molecular complexity index is 896. The molecule has 150 valence electrons. The van der Waals surface area contributed by atoms with E-state index in [-0.39, 0.29) is 5.04 Å². The number of benzene rings is 3. The van der Waals surface area contributed by atoms with Crippen LogP contribution in [0.5, 0.6) is 5.75 Å². The quantitative estimate of drug-likeness (QED) is 0.387. The molecule has 0 aromatic heterocycles. The van der Waals surface area contributed by atoms with E-state index in [9.17, 15) is 4.79 Å². The summed E-state index contributed by atoms with van der Waals surface area (Å²) >= 11 is 5.28. The van der Waals surface area contributed by atoms with Crippen molar-refractivity contribution in [3.05, 3.63) is 90.5 Å². The maximum atomic E-state index is 10.9. The lowest BCUT2D eigenvalue weighted by Crippen LogP contribution is -2.66. The first-order chi connectivity index (χ1) is 13.8. The van der Waals surface area contributed by atoms with Crippen molar-refractivity contribution >= 4 is 35.7 Å². The van der Waals surface area contributed by atoms with Gasteiger partial charge in [0, 0.05) is 11.6 Å². The van der Waals surface area contributed by atoms with Crippen molar-refractivity contribution in [1.29, 1.82) is 0 Å². The summed E-state index contributed by atoms with van der Waals surface area (Å²) in [7, 11) is -2.58. The minimum Gasteiger partial charge on any atom is -0.415 e. The minimum atomic E-state index is -2.58. The molecule has 3 nitrogen and oxygen atoms in total. The van der Waals surface area contributed by atoms with Gasteiger partial charge in [0.15, 0.2) is 0 Å². The molecule has 0 amide bonds. The minimum absolute atomic E-state index is 0.0796. The van der Waals surface area contributed by atoms with E-state index in [1.54, 1.807) is 12.1 Å². The second-order valence-corrected chi connectivity index (χ2v) is 12.5. The number of hydrogen-bond donors (Lipinski definition) is 0. The molecule has 0 bridgehead atoms. The molecule has 0 aliphatic heterocycles. The van der Waals surface area contributed by atoms with Gasteiger partial charge in [0.05, 0.1) is 6.61 Å². The zero-order chi connectivity index (χ0) is 20.9. The summed E-state index contributed by atoms with van der Waals surface area (Å²) in [6, 6.07) is 28.3. The molecular formula is C24H25ClO3Si. The predicted octanol–water partition coefficient (Wildman–Crippen LogP) is 5.50. The van der Waals surface area contributed by atoms with Crippen molar-refractivity contribution in [1.82, 2.24) is 0 Å². The first kappa shape index (κ1) is 21.3. The number of halogens is 1. The van der Waals surface area contributed by atoms with E-state index < -0.39 is 13.7 Å². The molecule has 3 aromatic rings. The smallest absolute Gasteiger partial charge is 0.409 e. The molecular weight excluding hydrogens is 400 g/mol. The normalized spacial score (nSPS) is 11.9. The highest BCUT2D eigenvalue weighted by Crippen LogP contribution is 2.37. The summed E-state index contributed by atoms with van der Waals surface area (Å²) < 4.78 is 11.8. The van der Waals surface area contributed by atoms with E-state index in [0.29, 0.717) is 12.4 Å². The predicted molar refractivity (Wildman–Crippen MR) is 121 cm³/mol. The van der Waals surface area contributed by atoms with E-state index >= 15 is 0 Å². The number of hydrogen-bond acceptors (Lipinski definition) is 3. The maximum Gasteiger partial charge on any atom is 0.409 e. The van der Waals surface area contributed by atoms with Gasteiger partial charge in [-0.25, -0.2) is 4.79 Å². The van der Waals surface area contributed by atoms with Crippen LogP contribution in [0.4, 0.5) is 4.79 Å². The van der Waals surface area contributed by atoms with Gasteiger partial charge in [0.2, 0.25) is 0 Å². The van der Waals surface area contributed by atoms with E-state index in [4.69, 9.17) is 20.8 Å². The Morgan fingerprint density at radius 3 is 1.72 bits per heavy atom. The van der Waals surface area contributed by atoms with Crippen LogP contribution < -0.4 is 15.1 Å². The molecule has 0 saturated heterocycles. The third kappa shape index (κ3) is 4.78. The molecule has 29 heavy (non-hydrogen) atoms. The molecule has 0 unspecified atom stereocenters. The van der Waals surface area contributed by atoms with Crippen LogP contribution in [0.15, 0.2) is 84.9 Å². The Morgan fingerprint density at radius 2 is 1.31 bits per heavy atom. The lowest BCUT2D eigenvalue weighted by molar-refractivity contribution is 0.225. The van der Waals surface area contributed by atoms with Gasteiger partial charge in [-0.05, 0) is 33.1 Å². The highest BCUT2D eigenvalue weighted by Gasteiger charge is 2.50. The molecule has 0 aliphatic carbocycles. The van der Waals surface area contributed by atoms with Crippen molar-refractivity contribution in [2.75, 3.05) is 0 Å². The highest BCUT2D eigenvalue weighted by molar-refractivity contribution is 6.99. The standard InChI is InChI=1S/C24H25ClO3Si/c1-24(2,3)29(21-10-6-4-7-11-21,22-12-8-5-9-13-22)27-18-19-14-16-20(17-15-19)28-23(25)26/h4-17H,18H2,1-3H3. The van der Waals surface area contributed by atoms with Crippen LogP contribution in [0.1, 0.15) is 26.3 Å². The molecule has 0 fully saturated rings. The third-order valence-electron chi connectivity index (χ3n) is 4.99. The van der Waals surface area contributed by atoms with Crippen molar-refractivity contribution in [3.8, 4) is 5.75 Å². The largest absolute Gasteiger partial charge is 0.415 e. The molecule has 0 atom stereocenters. The van der Waals surface area contributed by atoms with Gasteiger partial charge in [0.25, 0.3) is 8.32 Å². The monoisotopic (exact) mass is 424 g/mol. The highest BCUT2D eigenvalue weighted by atomic mass is 35.5. The summed E-state index contributed by atoms with van der Waals surface area (Å²) in [5.74, 6) is 0.416. The maximum absolute atomic E-state index is 10.9. The van der Waals surface area contributed by atoms with Crippen LogP contribution in [-0.4, -0.2) is 13.7 Å². The zero-order valence-electron chi connectivity index (χ0n) is 16.9. The summed E-state index contributed by atoms with van der Waals surface area (Å²) in [4.78, 5) is 10.9. The second kappa shape index (κ2) is 8.95. The van der Waals surface area contributed by atoms with Crippen molar-refractivity contribution < 1.29 is 14.0 Å². The topological polar surface area (TPSA) is 35.5 Å². The fourth-order valence-electron chi connectivity index (χ4n) is 3.70. The molecule has 3 aromatic carbocycles. The van der Waals surface area contributed by atoms with E-state index in [1.807, 2.05) is 24.3 Å². The van der Waals surface area contributed by atoms with Gasteiger partial charge in [-0.3, -0.25) is 0 Å². The Labute approximate surface area is 178 Å². The Morgan fingerprint density at radius 1 is 0.828 bits per heavy atom. The summed E-state index contributed by atoms with van der Waals surface area (Å²) in [5.41, 5.74) is 0.161. The molecule has 0 spiro atoms. The van der Waals surface area contributed by atoms with E-state index in [0.717, 1.165) is 5.56 Å². The van der Waals surface area contributed by atoms with Gasteiger partial charge >= 0.3 is 5.43 Å². The van der Waals surface area contributed by atoms with Crippen LogP contribution in [0, 0.1) is 0 Å². The van der Waals surface area contributed by atoms with E-state index in [2.05, 4.69) is 69.3 Å². The fourth-order valence-corrected chi connectivity index (χ4v) is 8.33. The van der Waals surface area contributed by atoms with Crippen molar-refractivity contribution in [2.24, 2.45) is 0 Å². The lowest BCUT2D eigenvalue weighted by atomic mass is 10.2. The van der Waals surface area contributed by atoms with Gasteiger partial charge in [-0.1, -0.05) is 93.6 Å². The number of carbonyl (C=O) groups is 1. The SMILES string of the molecule is CC(C)(C)[Si](OCc1ccc(OC(=O)Cl)cc1)(c1ccccc1)c1ccccc1. The van der Waals surface area contributed by atoms with Crippen molar-refractivity contribution in [3.63, 3.8) is 0 Å². The van der Waals surface area contributed by atoms with Crippen LogP contribution >= 0.6 is 11.6 Å². The average molecular weight is 425 g/mol. The second-order valence-electron chi connectivity index (χ2n) is 7.94. The summed E-state index contributed by atoms with van der Waals surface area (Å²) in [6.07, 6.45) is 0. The van der Waals surface area contributed by atoms with Crippen LogP contribution in [0.25, 0.3) is 0 Å². The summed E-state index contributed by atoms with van der Waals surface area (Å²) in [6.45, 7) is 7.22. The number of carbonyl (C=O) groups excluding carboxylic acids is 1. The first-order valence-corrected chi connectivity index (χ1v) is 11.8. The molecule has 0 heterocycles. The van der Waals surface area contributed by atoms with Crippen molar-refractivity contribution in [2.45, 2.75) is 32.4 Å².